The van der Waals surface area contributed by atoms with E-state index in [4.69, 9.17) is 0 Å². The highest BCUT2D eigenvalue weighted by molar-refractivity contribution is 5.96. The fourth-order valence-corrected chi connectivity index (χ4v) is 1.36. The van der Waals surface area contributed by atoms with Crippen molar-refractivity contribution in [3.8, 4) is 5.75 Å². The van der Waals surface area contributed by atoms with E-state index in [1.54, 1.807) is 25.1 Å². The van der Waals surface area contributed by atoms with Gasteiger partial charge in [-0.3, -0.25) is 4.79 Å². The molecule has 1 rings (SSSR count). The molecule has 0 aliphatic heterocycles. The second-order valence-corrected chi connectivity index (χ2v) is 5.51. The van der Waals surface area contributed by atoms with Gasteiger partial charge in [-0.1, -0.05) is 26.8 Å². The van der Waals surface area contributed by atoms with Crippen LogP contribution in [0.1, 0.15) is 43.6 Å². The van der Waals surface area contributed by atoms with Gasteiger partial charge in [-0.05, 0) is 31.4 Å². The average molecular weight is 235 g/mol. The third-order valence-electron chi connectivity index (χ3n) is 3.20. The van der Waals surface area contributed by atoms with Crippen LogP contribution in [0.25, 0.3) is 0 Å². The lowest BCUT2D eigenvalue weighted by Crippen LogP contribution is -2.41. The summed E-state index contributed by atoms with van der Waals surface area (Å²) in [4.78, 5) is 12.1. The Hall–Kier alpha value is -1.51. The topological polar surface area (TPSA) is 49.3 Å². The first-order chi connectivity index (χ1) is 7.73. The summed E-state index contributed by atoms with van der Waals surface area (Å²) < 4.78 is 0. The maximum Gasteiger partial charge on any atom is 0.251 e. The molecule has 0 spiro atoms. The van der Waals surface area contributed by atoms with Crippen LogP contribution in [-0.2, 0) is 0 Å². The van der Waals surface area contributed by atoms with Crippen LogP contribution >= 0.6 is 0 Å². The van der Waals surface area contributed by atoms with E-state index < -0.39 is 0 Å². The van der Waals surface area contributed by atoms with Gasteiger partial charge in [-0.2, -0.15) is 0 Å². The first kappa shape index (κ1) is 13.6. The third-order valence-corrected chi connectivity index (χ3v) is 3.20. The Bertz CT molecular complexity index is 419. The predicted molar refractivity (Wildman–Crippen MR) is 69.2 cm³/mol. The highest BCUT2D eigenvalue weighted by Gasteiger charge is 2.22. The Labute approximate surface area is 103 Å². The number of amides is 1. The number of phenols is 1. The molecule has 0 saturated heterocycles. The lowest BCUT2D eigenvalue weighted by Gasteiger charge is -2.28. The van der Waals surface area contributed by atoms with Crippen LogP contribution in [-0.4, -0.2) is 17.1 Å². The fraction of sp³-hybridized carbons (Fsp3) is 0.500. The molecule has 94 valence electrons. The maximum absolute atomic E-state index is 12.1. The minimum atomic E-state index is -0.138. The molecule has 3 heteroatoms. The molecule has 1 aromatic carbocycles. The van der Waals surface area contributed by atoms with Gasteiger partial charge < -0.3 is 10.4 Å². The van der Waals surface area contributed by atoms with Crippen molar-refractivity contribution in [1.82, 2.24) is 5.32 Å². The van der Waals surface area contributed by atoms with E-state index in [1.807, 2.05) is 6.92 Å². The van der Waals surface area contributed by atoms with Crippen molar-refractivity contribution in [3.63, 3.8) is 0 Å². The molecule has 0 heterocycles. The molecule has 0 aromatic heterocycles. The molecule has 0 bridgehead atoms. The van der Waals surface area contributed by atoms with Crippen molar-refractivity contribution in [2.24, 2.45) is 5.41 Å². The Morgan fingerprint density at radius 2 is 1.94 bits per heavy atom. The number of nitrogens with one attached hydrogen (secondary N) is 1. The van der Waals surface area contributed by atoms with Gasteiger partial charge in [0.2, 0.25) is 0 Å². The summed E-state index contributed by atoms with van der Waals surface area (Å²) >= 11 is 0. The van der Waals surface area contributed by atoms with E-state index in [0.717, 1.165) is 0 Å². The average Bonchev–Trinajstić information content (AvgIpc) is 2.20. The van der Waals surface area contributed by atoms with Gasteiger partial charge in [-0.25, -0.2) is 0 Å². The highest BCUT2D eigenvalue weighted by Crippen LogP contribution is 2.22. The Balaban J connectivity index is 2.88. The predicted octanol–water partition coefficient (Wildman–Crippen LogP) is 2.87. The van der Waals surface area contributed by atoms with Crippen LogP contribution in [0.2, 0.25) is 0 Å². The third kappa shape index (κ3) is 3.22. The van der Waals surface area contributed by atoms with Crippen molar-refractivity contribution in [3.05, 3.63) is 29.3 Å². The van der Waals surface area contributed by atoms with Gasteiger partial charge in [0.1, 0.15) is 5.75 Å². The zero-order valence-corrected chi connectivity index (χ0v) is 11.2. The van der Waals surface area contributed by atoms with Gasteiger partial charge in [0.25, 0.3) is 5.91 Å². The lowest BCUT2D eigenvalue weighted by molar-refractivity contribution is 0.0909. The molecular formula is C14H21NO2. The van der Waals surface area contributed by atoms with E-state index in [-0.39, 0.29) is 23.1 Å². The number of phenolic OH excluding ortho intramolecular Hbond substituents is 1. The molecule has 1 aromatic rings. The van der Waals surface area contributed by atoms with Crippen LogP contribution in [0.5, 0.6) is 5.75 Å². The Morgan fingerprint density at radius 3 is 2.47 bits per heavy atom. The first-order valence-corrected chi connectivity index (χ1v) is 5.83. The van der Waals surface area contributed by atoms with Crippen LogP contribution in [0.15, 0.2) is 18.2 Å². The van der Waals surface area contributed by atoms with Gasteiger partial charge in [0.15, 0.2) is 0 Å². The molecule has 0 fully saturated rings. The van der Waals surface area contributed by atoms with Crippen molar-refractivity contribution < 1.29 is 9.90 Å². The highest BCUT2D eigenvalue weighted by atomic mass is 16.3. The molecule has 17 heavy (non-hydrogen) atoms. The number of benzene rings is 1. The minimum absolute atomic E-state index is 0.0143. The van der Waals surface area contributed by atoms with Crippen LogP contribution < -0.4 is 5.32 Å². The van der Waals surface area contributed by atoms with Gasteiger partial charge in [-0.15, -0.1) is 0 Å². The second-order valence-electron chi connectivity index (χ2n) is 5.51. The van der Waals surface area contributed by atoms with Gasteiger partial charge >= 0.3 is 0 Å². The lowest BCUT2D eigenvalue weighted by atomic mass is 9.88. The SMILES string of the molecule is Cc1c(O)cccc1C(=O)NC(C)C(C)(C)C. The van der Waals surface area contributed by atoms with Gasteiger partial charge in [0, 0.05) is 17.2 Å². The summed E-state index contributed by atoms with van der Waals surface area (Å²) in [5, 5.41) is 12.5. The smallest absolute Gasteiger partial charge is 0.251 e. The minimum Gasteiger partial charge on any atom is -0.508 e. The Kier molecular flexibility index (Phi) is 3.81. The summed E-state index contributed by atoms with van der Waals surface area (Å²) in [6.07, 6.45) is 0. The van der Waals surface area contributed by atoms with Crippen molar-refractivity contribution in [2.45, 2.75) is 40.7 Å². The standard InChI is InChI=1S/C14H21NO2/c1-9-11(7-6-8-12(9)16)13(17)15-10(2)14(3,4)5/h6-8,10,16H,1-5H3,(H,15,17). The number of rotatable bonds is 2. The van der Waals surface area contributed by atoms with E-state index in [9.17, 15) is 9.90 Å². The van der Waals surface area contributed by atoms with Gasteiger partial charge in [0.05, 0.1) is 0 Å². The largest absolute Gasteiger partial charge is 0.508 e. The molecule has 0 radical (unpaired) electrons. The summed E-state index contributed by atoms with van der Waals surface area (Å²) in [7, 11) is 0. The number of hydrogen-bond acceptors (Lipinski definition) is 2. The number of carbonyl (C=O) groups excluding carboxylic acids is 1. The summed E-state index contributed by atoms with van der Waals surface area (Å²) in [6, 6.07) is 5.05. The first-order valence-electron chi connectivity index (χ1n) is 5.83. The Morgan fingerprint density at radius 1 is 1.35 bits per heavy atom. The molecular weight excluding hydrogens is 214 g/mol. The van der Waals surface area contributed by atoms with Crippen LogP contribution in [0.4, 0.5) is 0 Å². The monoisotopic (exact) mass is 235 g/mol. The molecule has 1 unspecified atom stereocenters. The number of aromatic hydroxyl groups is 1. The van der Waals surface area contributed by atoms with Crippen molar-refractivity contribution >= 4 is 5.91 Å². The number of carbonyl (C=O) groups is 1. The van der Waals surface area contributed by atoms with E-state index >= 15 is 0 Å². The molecule has 0 saturated carbocycles. The second kappa shape index (κ2) is 4.78. The zero-order valence-electron chi connectivity index (χ0n) is 11.2. The summed E-state index contributed by atoms with van der Waals surface area (Å²) in [5.41, 5.74) is 1.16. The number of hydrogen-bond donors (Lipinski definition) is 2. The normalized spacial score (nSPS) is 13.2. The van der Waals surface area contributed by atoms with Crippen LogP contribution in [0.3, 0.4) is 0 Å². The van der Waals surface area contributed by atoms with Crippen molar-refractivity contribution in [2.75, 3.05) is 0 Å². The zero-order chi connectivity index (χ0) is 13.2. The van der Waals surface area contributed by atoms with Crippen LogP contribution in [0, 0.1) is 12.3 Å². The maximum atomic E-state index is 12.1. The molecule has 0 aliphatic rings. The van der Waals surface area contributed by atoms with E-state index in [2.05, 4.69) is 26.1 Å². The summed E-state index contributed by atoms with van der Waals surface area (Å²) in [5.74, 6) is 0.0156. The molecule has 2 N–H and O–H groups in total. The quantitative estimate of drug-likeness (QED) is 0.828. The molecule has 1 amide bonds. The van der Waals surface area contributed by atoms with E-state index in [0.29, 0.717) is 11.1 Å². The molecule has 1 atom stereocenters. The summed E-state index contributed by atoms with van der Waals surface area (Å²) in [6.45, 7) is 9.95. The fourth-order valence-electron chi connectivity index (χ4n) is 1.36. The van der Waals surface area contributed by atoms with E-state index in [1.165, 1.54) is 0 Å². The molecule has 3 nitrogen and oxygen atoms in total. The molecule has 0 aliphatic carbocycles. The van der Waals surface area contributed by atoms with Crippen molar-refractivity contribution in [1.29, 1.82) is 0 Å².